The lowest BCUT2D eigenvalue weighted by molar-refractivity contribution is -0.145. The molecule has 0 bridgehead atoms. The highest BCUT2D eigenvalue weighted by Gasteiger charge is 2.31. The van der Waals surface area contributed by atoms with Crippen LogP contribution in [0.25, 0.3) is 0 Å². The van der Waals surface area contributed by atoms with E-state index >= 15 is 0 Å². The summed E-state index contributed by atoms with van der Waals surface area (Å²) in [7, 11) is 1.63. The van der Waals surface area contributed by atoms with Crippen molar-refractivity contribution in [3.8, 4) is 0 Å². The number of piperazine rings is 1. The number of hydrogen-bond acceptors (Lipinski definition) is 3. The summed E-state index contributed by atoms with van der Waals surface area (Å²) in [5.41, 5.74) is 1.66. The third-order valence-corrected chi connectivity index (χ3v) is 3.19. The molecular weight excluding hydrogens is 244 g/mol. The third-order valence-electron chi connectivity index (χ3n) is 3.19. The number of anilines is 1. The van der Waals surface area contributed by atoms with Crippen molar-refractivity contribution < 1.29 is 14.7 Å². The van der Waals surface area contributed by atoms with Gasteiger partial charge in [0.25, 0.3) is 0 Å². The summed E-state index contributed by atoms with van der Waals surface area (Å²) in [4.78, 5) is 26.5. The zero-order chi connectivity index (χ0) is 14.0. The van der Waals surface area contributed by atoms with E-state index in [2.05, 4.69) is 0 Å². The van der Waals surface area contributed by atoms with Crippen LogP contribution in [0.2, 0.25) is 0 Å². The SMILES string of the molecule is CC(O)Cc1cccc(N2CCN(C)C(=O)C2=O)c1. The van der Waals surface area contributed by atoms with E-state index in [1.54, 1.807) is 14.0 Å². The lowest BCUT2D eigenvalue weighted by Crippen LogP contribution is -2.53. The van der Waals surface area contributed by atoms with Crippen LogP contribution in [0, 0.1) is 0 Å². The van der Waals surface area contributed by atoms with Crippen LogP contribution >= 0.6 is 0 Å². The van der Waals surface area contributed by atoms with Gasteiger partial charge in [0, 0.05) is 25.8 Å². The summed E-state index contributed by atoms with van der Waals surface area (Å²) in [6, 6.07) is 7.40. The Morgan fingerprint density at radius 2 is 2.00 bits per heavy atom. The van der Waals surface area contributed by atoms with Gasteiger partial charge in [-0.1, -0.05) is 12.1 Å². The number of aliphatic hydroxyl groups excluding tert-OH is 1. The summed E-state index contributed by atoms with van der Waals surface area (Å²) in [5.74, 6) is -0.977. The van der Waals surface area contributed by atoms with Gasteiger partial charge < -0.3 is 14.9 Å². The van der Waals surface area contributed by atoms with Gasteiger partial charge in [-0.05, 0) is 31.0 Å². The average molecular weight is 262 g/mol. The van der Waals surface area contributed by atoms with Crippen molar-refractivity contribution in [1.29, 1.82) is 0 Å². The summed E-state index contributed by atoms with van der Waals surface area (Å²) in [6.45, 7) is 2.75. The molecule has 0 saturated carbocycles. The van der Waals surface area contributed by atoms with Crippen LogP contribution in [0.3, 0.4) is 0 Å². The molecule has 1 aromatic rings. The predicted octanol–water partition coefficient (Wildman–Crippen LogP) is 0.415. The van der Waals surface area contributed by atoms with Gasteiger partial charge >= 0.3 is 11.8 Å². The van der Waals surface area contributed by atoms with E-state index in [-0.39, 0.29) is 0 Å². The molecule has 1 aliphatic heterocycles. The van der Waals surface area contributed by atoms with E-state index in [1.165, 1.54) is 9.80 Å². The number of carbonyl (C=O) groups is 2. The van der Waals surface area contributed by atoms with E-state index < -0.39 is 17.9 Å². The van der Waals surface area contributed by atoms with Crippen LogP contribution in [0.5, 0.6) is 0 Å². The van der Waals surface area contributed by atoms with Crippen molar-refractivity contribution in [2.45, 2.75) is 19.4 Å². The second kappa shape index (κ2) is 5.40. The lowest BCUT2D eigenvalue weighted by atomic mass is 10.1. The minimum Gasteiger partial charge on any atom is -0.393 e. The molecule has 0 aliphatic carbocycles. The zero-order valence-corrected chi connectivity index (χ0v) is 11.2. The standard InChI is InChI=1S/C14H18N2O3/c1-10(17)8-11-4-3-5-12(9-11)16-7-6-15(2)13(18)14(16)19/h3-5,9-10,17H,6-8H2,1-2H3. The van der Waals surface area contributed by atoms with Crippen LogP contribution < -0.4 is 4.90 Å². The van der Waals surface area contributed by atoms with Crippen molar-refractivity contribution in [2.75, 3.05) is 25.0 Å². The Morgan fingerprint density at radius 1 is 1.26 bits per heavy atom. The first-order chi connectivity index (χ1) is 8.99. The lowest BCUT2D eigenvalue weighted by Gasteiger charge is -2.31. The van der Waals surface area contributed by atoms with E-state index in [0.29, 0.717) is 25.2 Å². The summed E-state index contributed by atoms with van der Waals surface area (Å²) >= 11 is 0. The number of benzene rings is 1. The van der Waals surface area contributed by atoms with Gasteiger partial charge in [0.1, 0.15) is 0 Å². The third kappa shape index (κ3) is 2.93. The second-order valence-corrected chi connectivity index (χ2v) is 4.91. The zero-order valence-electron chi connectivity index (χ0n) is 11.2. The van der Waals surface area contributed by atoms with Crippen LogP contribution in [-0.4, -0.2) is 48.1 Å². The highest BCUT2D eigenvalue weighted by Crippen LogP contribution is 2.19. The maximum atomic E-state index is 12.0. The Balaban J connectivity index is 2.22. The van der Waals surface area contributed by atoms with E-state index in [0.717, 1.165) is 5.56 Å². The maximum Gasteiger partial charge on any atom is 0.316 e. The Labute approximate surface area is 112 Å². The fourth-order valence-corrected chi connectivity index (χ4v) is 2.17. The molecule has 0 aromatic heterocycles. The van der Waals surface area contributed by atoms with Gasteiger partial charge in [0.2, 0.25) is 0 Å². The predicted molar refractivity (Wildman–Crippen MR) is 71.8 cm³/mol. The molecule has 1 N–H and O–H groups in total. The van der Waals surface area contributed by atoms with Crippen molar-refractivity contribution in [3.63, 3.8) is 0 Å². The second-order valence-electron chi connectivity index (χ2n) is 4.91. The molecule has 2 amide bonds. The van der Waals surface area contributed by atoms with E-state index in [9.17, 15) is 14.7 Å². The molecule has 19 heavy (non-hydrogen) atoms. The Morgan fingerprint density at radius 3 is 2.68 bits per heavy atom. The highest BCUT2D eigenvalue weighted by atomic mass is 16.3. The van der Waals surface area contributed by atoms with Gasteiger partial charge in [-0.2, -0.15) is 0 Å². The Bertz CT molecular complexity index is 499. The average Bonchev–Trinajstić information content (AvgIpc) is 2.36. The van der Waals surface area contributed by atoms with E-state index in [1.807, 2.05) is 24.3 Å². The number of hydrogen-bond donors (Lipinski definition) is 1. The smallest absolute Gasteiger partial charge is 0.316 e. The summed E-state index contributed by atoms with van der Waals surface area (Å²) in [6.07, 6.45) is 0.101. The summed E-state index contributed by atoms with van der Waals surface area (Å²) < 4.78 is 0. The normalized spacial score (nSPS) is 17.8. The molecule has 1 saturated heterocycles. The largest absolute Gasteiger partial charge is 0.393 e. The number of nitrogens with zero attached hydrogens (tertiary/aromatic N) is 2. The van der Waals surface area contributed by atoms with Crippen molar-refractivity contribution >= 4 is 17.5 Å². The molecule has 1 unspecified atom stereocenters. The number of carbonyl (C=O) groups excluding carboxylic acids is 2. The van der Waals surface area contributed by atoms with Crippen LogP contribution in [0.1, 0.15) is 12.5 Å². The first kappa shape index (κ1) is 13.5. The number of aliphatic hydroxyl groups is 1. The van der Waals surface area contributed by atoms with E-state index in [4.69, 9.17) is 0 Å². The molecule has 1 heterocycles. The van der Waals surface area contributed by atoms with Gasteiger partial charge in [-0.15, -0.1) is 0 Å². The molecule has 102 valence electrons. The molecule has 1 fully saturated rings. The maximum absolute atomic E-state index is 12.0. The van der Waals surface area contributed by atoms with Crippen molar-refractivity contribution in [3.05, 3.63) is 29.8 Å². The first-order valence-electron chi connectivity index (χ1n) is 6.33. The van der Waals surface area contributed by atoms with Gasteiger partial charge in [0.15, 0.2) is 0 Å². The molecule has 0 radical (unpaired) electrons. The molecule has 5 heteroatoms. The van der Waals surface area contributed by atoms with Crippen molar-refractivity contribution in [2.24, 2.45) is 0 Å². The van der Waals surface area contributed by atoms with Gasteiger partial charge in [-0.25, -0.2) is 0 Å². The molecule has 2 rings (SSSR count). The Kier molecular flexibility index (Phi) is 3.85. The van der Waals surface area contributed by atoms with Crippen LogP contribution in [-0.2, 0) is 16.0 Å². The van der Waals surface area contributed by atoms with Gasteiger partial charge in [0.05, 0.1) is 6.10 Å². The molecule has 0 spiro atoms. The molecule has 1 atom stereocenters. The van der Waals surface area contributed by atoms with Crippen LogP contribution in [0.15, 0.2) is 24.3 Å². The minimum atomic E-state index is -0.497. The van der Waals surface area contributed by atoms with Gasteiger partial charge in [-0.3, -0.25) is 9.59 Å². The molecular formula is C14H18N2O3. The minimum absolute atomic E-state index is 0.430. The van der Waals surface area contributed by atoms with Crippen molar-refractivity contribution in [1.82, 2.24) is 4.90 Å². The number of likely N-dealkylation sites (N-methyl/N-ethyl adjacent to an activating group) is 1. The molecule has 5 nitrogen and oxygen atoms in total. The number of rotatable bonds is 3. The quantitative estimate of drug-likeness (QED) is 0.803. The monoisotopic (exact) mass is 262 g/mol. The molecule has 1 aromatic carbocycles. The highest BCUT2D eigenvalue weighted by molar-refractivity contribution is 6.40. The topological polar surface area (TPSA) is 60.9 Å². The summed E-state index contributed by atoms with van der Waals surface area (Å²) in [5, 5.41) is 9.39. The molecule has 1 aliphatic rings. The van der Waals surface area contributed by atoms with Crippen LogP contribution in [0.4, 0.5) is 5.69 Å². The fourth-order valence-electron chi connectivity index (χ4n) is 2.17. The first-order valence-corrected chi connectivity index (χ1v) is 6.33. The number of amides is 2. The fraction of sp³-hybridized carbons (Fsp3) is 0.429. The Hall–Kier alpha value is -1.88.